The number of carbonyl (C=O) groups is 2. The second kappa shape index (κ2) is 40.5. The highest BCUT2D eigenvalue weighted by Crippen LogP contribution is 2.17. The van der Waals surface area contributed by atoms with Crippen LogP contribution >= 0.6 is 0 Å². The first-order valence-corrected chi connectivity index (χ1v) is 22.6. The molecule has 0 saturated heterocycles. The maximum atomic E-state index is 13.1. The van der Waals surface area contributed by atoms with E-state index in [-0.39, 0.29) is 24.9 Å². The van der Waals surface area contributed by atoms with Gasteiger partial charge in [-0.1, -0.05) is 193 Å². The highest BCUT2D eigenvalue weighted by atomic mass is 16.5. The summed E-state index contributed by atoms with van der Waals surface area (Å²) in [6, 6.07) is -0.699. The number of allylic oxidation sites excluding steroid dienone is 4. The third-order valence-corrected chi connectivity index (χ3v) is 10.3. The van der Waals surface area contributed by atoms with Crippen molar-refractivity contribution in [2.75, 3.05) is 6.61 Å². The first-order chi connectivity index (χ1) is 25.5. The zero-order valence-electron chi connectivity index (χ0n) is 34.7. The molecule has 0 aliphatic rings. The normalized spacial score (nSPS) is 13.6. The average Bonchev–Trinajstić information content (AvgIpc) is 3.13. The first kappa shape index (κ1) is 50.3. The minimum Gasteiger partial charge on any atom is -0.462 e. The number of ether oxygens (including phenoxy) is 1. The first-order valence-electron chi connectivity index (χ1n) is 22.6. The molecule has 0 aromatic heterocycles. The van der Waals surface area contributed by atoms with Gasteiger partial charge in [0.2, 0.25) is 5.91 Å². The maximum Gasteiger partial charge on any atom is 0.306 e. The molecule has 0 aromatic rings. The SMILES string of the molecule is CC/C=C/C/C=C/CCCCCCCC(CC(=O)NC(CO)C(O)CCCCCCCCCCCCCC)OC(=O)CCCCCCCCCCC. The van der Waals surface area contributed by atoms with Crippen molar-refractivity contribution in [1.29, 1.82) is 0 Å². The minimum atomic E-state index is -0.785. The van der Waals surface area contributed by atoms with Gasteiger partial charge in [-0.05, 0) is 51.4 Å². The molecule has 0 heterocycles. The predicted octanol–water partition coefficient (Wildman–Crippen LogP) is 12.8. The van der Waals surface area contributed by atoms with Crippen LogP contribution in [-0.4, -0.2) is 46.9 Å². The van der Waals surface area contributed by atoms with Crippen LogP contribution in [0.4, 0.5) is 0 Å². The third-order valence-electron chi connectivity index (χ3n) is 10.3. The molecular weight excluding hydrogens is 647 g/mol. The van der Waals surface area contributed by atoms with Gasteiger partial charge in [0.15, 0.2) is 0 Å². The molecule has 3 atom stereocenters. The summed E-state index contributed by atoms with van der Waals surface area (Å²) in [5.74, 6) is -0.485. The Morgan fingerprint density at radius 1 is 0.577 bits per heavy atom. The molecule has 306 valence electrons. The molecule has 3 unspecified atom stereocenters. The number of hydrogen-bond donors (Lipinski definition) is 3. The van der Waals surface area contributed by atoms with E-state index in [1.807, 2.05) is 0 Å². The van der Waals surface area contributed by atoms with Crippen molar-refractivity contribution in [3.05, 3.63) is 24.3 Å². The van der Waals surface area contributed by atoms with Crippen molar-refractivity contribution in [2.45, 2.75) is 251 Å². The monoisotopic (exact) mass is 734 g/mol. The Bertz CT molecular complexity index is 828. The van der Waals surface area contributed by atoms with Gasteiger partial charge in [0.05, 0.1) is 25.2 Å². The van der Waals surface area contributed by atoms with E-state index in [4.69, 9.17) is 4.74 Å². The molecule has 1 amide bonds. The lowest BCUT2D eigenvalue weighted by atomic mass is 10.0. The van der Waals surface area contributed by atoms with Crippen LogP contribution < -0.4 is 5.32 Å². The van der Waals surface area contributed by atoms with Crippen molar-refractivity contribution in [1.82, 2.24) is 5.32 Å². The van der Waals surface area contributed by atoms with Crippen molar-refractivity contribution in [2.24, 2.45) is 0 Å². The third kappa shape index (κ3) is 35.4. The van der Waals surface area contributed by atoms with Crippen molar-refractivity contribution in [3.8, 4) is 0 Å². The second-order valence-electron chi connectivity index (χ2n) is 15.4. The fraction of sp³-hybridized carbons (Fsp3) is 0.870. The zero-order chi connectivity index (χ0) is 38.2. The van der Waals surface area contributed by atoms with Crippen LogP contribution in [0.25, 0.3) is 0 Å². The number of aliphatic hydroxyl groups excluding tert-OH is 2. The van der Waals surface area contributed by atoms with Crippen LogP contribution in [0.2, 0.25) is 0 Å². The summed E-state index contributed by atoms with van der Waals surface area (Å²) < 4.78 is 5.88. The van der Waals surface area contributed by atoms with Crippen LogP contribution in [0.15, 0.2) is 24.3 Å². The molecule has 3 N–H and O–H groups in total. The summed E-state index contributed by atoms with van der Waals surface area (Å²) in [6.45, 7) is 6.34. The Morgan fingerprint density at radius 2 is 1.04 bits per heavy atom. The molecule has 0 bridgehead atoms. The molecule has 52 heavy (non-hydrogen) atoms. The van der Waals surface area contributed by atoms with E-state index in [2.05, 4.69) is 50.4 Å². The maximum absolute atomic E-state index is 13.1. The van der Waals surface area contributed by atoms with Crippen molar-refractivity contribution >= 4 is 11.9 Å². The second-order valence-corrected chi connectivity index (χ2v) is 15.4. The van der Waals surface area contributed by atoms with E-state index in [9.17, 15) is 19.8 Å². The minimum absolute atomic E-state index is 0.0720. The fourth-order valence-electron chi connectivity index (χ4n) is 6.88. The van der Waals surface area contributed by atoms with Crippen LogP contribution in [0, 0.1) is 0 Å². The van der Waals surface area contributed by atoms with Crippen LogP contribution in [0.3, 0.4) is 0 Å². The van der Waals surface area contributed by atoms with Gasteiger partial charge in [-0.25, -0.2) is 0 Å². The molecule has 0 aliphatic carbocycles. The Morgan fingerprint density at radius 3 is 1.56 bits per heavy atom. The molecule has 0 aromatic carbocycles. The topological polar surface area (TPSA) is 95.9 Å². The summed E-state index contributed by atoms with van der Waals surface area (Å²) in [6.07, 6.45) is 43.8. The highest BCUT2D eigenvalue weighted by molar-refractivity contribution is 5.77. The molecule has 0 fully saturated rings. The smallest absolute Gasteiger partial charge is 0.306 e. The largest absolute Gasteiger partial charge is 0.462 e. The van der Waals surface area contributed by atoms with Gasteiger partial charge in [0.1, 0.15) is 6.10 Å². The lowest BCUT2D eigenvalue weighted by molar-refractivity contribution is -0.151. The van der Waals surface area contributed by atoms with E-state index >= 15 is 0 Å². The summed E-state index contributed by atoms with van der Waals surface area (Å²) in [7, 11) is 0. The number of carbonyl (C=O) groups excluding carboxylic acids is 2. The van der Waals surface area contributed by atoms with Gasteiger partial charge < -0.3 is 20.3 Å². The molecule has 0 radical (unpaired) electrons. The Balaban J connectivity index is 4.57. The van der Waals surface area contributed by atoms with Gasteiger partial charge >= 0.3 is 5.97 Å². The van der Waals surface area contributed by atoms with E-state index in [0.29, 0.717) is 19.3 Å². The van der Waals surface area contributed by atoms with Gasteiger partial charge in [0.25, 0.3) is 0 Å². The lowest BCUT2D eigenvalue weighted by Gasteiger charge is -2.24. The summed E-state index contributed by atoms with van der Waals surface area (Å²) >= 11 is 0. The number of unbranched alkanes of at least 4 members (excludes halogenated alkanes) is 24. The summed E-state index contributed by atoms with van der Waals surface area (Å²) in [5.41, 5.74) is 0. The molecule has 6 heteroatoms. The molecule has 0 saturated carbocycles. The van der Waals surface area contributed by atoms with Gasteiger partial charge in [-0.2, -0.15) is 0 Å². The lowest BCUT2D eigenvalue weighted by Crippen LogP contribution is -2.46. The van der Waals surface area contributed by atoms with Gasteiger partial charge in [-0.3, -0.25) is 9.59 Å². The molecular formula is C46H87NO5. The molecule has 0 spiro atoms. The number of aliphatic hydroxyl groups is 2. The van der Waals surface area contributed by atoms with E-state index < -0.39 is 18.2 Å². The predicted molar refractivity (Wildman–Crippen MR) is 223 cm³/mol. The van der Waals surface area contributed by atoms with Crippen molar-refractivity contribution in [3.63, 3.8) is 0 Å². The molecule has 6 nitrogen and oxygen atoms in total. The van der Waals surface area contributed by atoms with Crippen LogP contribution in [0.5, 0.6) is 0 Å². The van der Waals surface area contributed by atoms with Crippen LogP contribution in [-0.2, 0) is 14.3 Å². The van der Waals surface area contributed by atoms with E-state index in [1.165, 1.54) is 116 Å². The number of rotatable bonds is 40. The van der Waals surface area contributed by atoms with Gasteiger partial charge in [-0.15, -0.1) is 0 Å². The number of amides is 1. The number of esters is 1. The van der Waals surface area contributed by atoms with Crippen molar-refractivity contribution < 1.29 is 24.5 Å². The van der Waals surface area contributed by atoms with Crippen LogP contribution in [0.1, 0.15) is 233 Å². The zero-order valence-corrected chi connectivity index (χ0v) is 34.7. The Hall–Kier alpha value is -1.66. The summed E-state index contributed by atoms with van der Waals surface area (Å²) in [5, 5.41) is 23.6. The van der Waals surface area contributed by atoms with E-state index in [0.717, 1.165) is 70.6 Å². The van der Waals surface area contributed by atoms with Gasteiger partial charge in [0, 0.05) is 6.42 Å². The highest BCUT2D eigenvalue weighted by Gasteiger charge is 2.24. The Labute approximate surface area is 322 Å². The quantitative estimate of drug-likeness (QED) is 0.0331. The Kier molecular flexibility index (Phi) is 39.2. The molecule has 0 aliphatic heterocycles. The summed E-state index contributed by atoms with van der Waals surface area (Å²) in [4.78, 5) is 25.9. The molecule has 0 rings (SSSR count). The number of hydrogen-bond acceptors (Lipinski definition) is 5. The van der Waals surface area contributed by atoms with E-state index in [1.54, 1.807) is 0 Å². The number of nitrogens with one attached hydrogen (secondary N) is 1. The average molecular weight is 734 g/mol. The standard InChI is InChI=1S/C46H87NO5/c1-4-7-10-13-16-19-21-23-26-28-31-34-37-42(52-46(51)39-36-33-30-25-18-15-12-9-6-3)40-45(50)47-43(41-48)44(49)38-35-32-29-27-24-22-20-17-14-11-8-5-2/h7,10,16,19,42-44,48-49H,4-6,8-9,11-15,17-18,20-41H2,1-3H3,(H,47,50)/b10-7+,19-16+. The fourth-order valence-corrected chi connectivity index (χ4v) is 6.88.